The van der Waals surface area contributed by atoms with Crippen molar-refractivity contribution < 1.29 is 57.5 Å². The van der Waals surface area contributed by atoms with E-state index < -0.39 is 76.1 Å². The second-order valence-corrected chi connectivity index (χ2v) is 11.4. The summed E-state index contributed by atoms with van der Waals surface area (Å²) in [7, 11) is 0. The maximum Gasteiger partial charge on any atom is 0.417 e. The molecular formula is C20H14Br4F12N2O2. The molecule has 0 fully saturated rings. The van der Waals surface area contributed by atoms with Crippen LogP contribution in [0.5, 0.6) is 0 Å². The van der Waals surface area contributed by atoms with Crippen LogP contribution in [0.4, 0.5) is 58.4 Å². The molecule has 40 heavy (non-hydrogen) atoms. The van der Waals surface area contributed by atoms with E-state index in [4.69, 9.17) is 5.73 Å². The van der Waals surface area contributed by atoms with Crippen molar-refractivity contribution in [1.82, 2.24) is 0 Å². The molecule has 0 spiro atoms. The molecule has 20 heteroatoms. The van der Waals surface area contributed by atoms with Gasteiger partial charge in [-0.05, 0) is 70.8 Å². The van der Waals surface area contributed by atoms with Crippen molar-refractivity contribution in [3.63, 3.8) is 0 Å². The van der Waals surface area contributed by atoms with Gasteiger partial charge in [0.15, 0.2) is 5.34 Å². The van der Waals surface area contributed by atoms with Crippen LogP contribution in [0.1, 0.15) is 43.0 Å². The minimum Gasteiger partial charge on any atom is -0.397 e. The zero-order chi connectivity index (χ0) is 32.2. The van der Waals surface area contributed by atoms with Gasteiger partial charge in [-0.25, -0.2) is 0 Å². The summed E-state index contributed by atoms with van der Waals surface area (Å²) >= 11 is 10.2. The number of nitrogens with zero attached hydrogens (tertiary/aromatic N) is 1. The first-order chi connectivity index (χ1) is 17.6. The fourth-order valence-electron chi connectivity index (χ4n) is 2.17. The minimum absolute atomic E-state index is 0.00449. The molecule has 0 aliphatic rings. The monoisotopic (exact) mass is 858 g/mol. The molecule has 228 valence electrons. The number of nitrogens with two attached hydrogens (primary N) is 1. The Bertz CT molecular complexity index is 1120. The molecule has 2 N–H and O–H groups in total. The highest BCUT2D eigenvalue weighted by Gasteiger charge is 2.41. The van der Waals surface area contributed by atoms with E-state index in [0.717, 1.165) is 6.07 Å². The minimum atomic E-state index is -4.92. The van der Waals surface area contributed by atoms with Gasteiger partial charge in [-0.3, -0.25) is 0 Å². The Morgan fingerprint density at radius 3 is 1.07 bits per heavy atom. The number of alkyl halides is 12. The first kappa shape index (κ1) is 38.7. The number of halogens is 16. The molecule has 2 aromatic rings. The van der Waals surface area contributed by atoms with Gasteiger partial charge in [0, 0.05) is 8.95 Å². The van der Waals surface area contributed by atoms with E-state index in [1.165, 1.54) is 0 Å². The van der Waals surface area contributed by atoms with Crippen molar-refractivity contribution in [3.8, 4) is 0 Å². The number of hydrogen-bond donors (Lipinski definition) is 1. The fraction of sp³-hybridized carbons (Fsp3) is 0.400. The zero-order valence-corrected chi connectivity index (χ0v) is 26.0. The topological polar surface area (TPSA) is 64.7 Å². The Labute approximate surface area is 251 Å². The quantitative estimate of drug-likeness (QED) is 0.134. The van der Waals surface area contributed by atoms with E-state index in [1.54, 1.807) is 20.8 Å². The molecule has 0 saturated carbocycles. The van der Waals surface area contributed by atoms with Gasteiger partial charge in [0.25, 0.3) is 0 Å². The maximum atomic E-state index is 12.5. The Balaban J connectivity index is 0.000000619. The number of nitrogen functional groups attached to an aromatic ring is 1. The van der Waals surface area contributed by atoms with Crippen molar-refractivity contribution >= 4 is 69.4 Å². The third-order valence-electron chi connectivity index (χ3n) is 3.82. The van der Waals surface area contributed by atoms with E-state index in [9.17, 15) is 57.6 Å². The summed E-state index contributed by atoms with van der Waals surface area (Å²) in [4.78, 5) is 13.6. The summed E-state index contributed by atoms with van der Waals surface area (Å²) in [6.07, 6.45) is -19.5. The normalized spacial score (nSPS) is 12.6. The van der Waals surface area contributed by atoms with Crippen LogP contribution >= 0.6 is 63.7 Å². The number of benzene rings is 2. The summed E-state index contributed by atoms with van der Waals surface area (Å²) in [5.74, 6) is 0. The molecule has 0 atom stereocenters. The lowest BCUT2D eigenvalue weighted by atomic mass is 10.1. The smallest absolute Gasteiger partial charge is 0.397 e. The molecule has 0 unspecified atom stereocenters. The maximum absolute atomic E-state index is 12.5. The average molecular weight is 862 g/mol. The van der Waals surface area contributed by atoms with Crippen molar-refractivity contribution in [2.45, 2.75) is 51.1 Å². The van der Waals surface area contributed by atoms with Crippen LogP contribution in [0.25, 0.3) is 0 Å². The molecule has 2 aromatic carbocycles. The Hall–Kier alpha value is -1.28. The van der Waals surface area contributed by atoms with Crippen LogP contribution in [-0.2, 0) is 29.5 Å². The molecule has 2 rings (SSSR count). The molecular weight excluding hydrogens is 848 g/mol. The lowest BCUT2D eigenvalue weighted by Gasteiger charge is -2.17. The SMILES string of the molecule is CC(C)(C)ON=O.FC(F)(F)c1cc(C(F)(F)F)c(Br)cc1Br.Nc1c(Br)c(C(F)(F)F)cc(C(F)(F)F)c1Br. The standard InChI is InChI=1S/C8H3Br2F6N.C8H2Br2F6.C4H9NO2/c9-4-2(7(11,12)13)1-3(8(14,15)16)5(10)6(4)17;9-5-2-6(10)4(8(14,15)16)1-3(5)7(11,12)13;1-4(2,3)7-5-6/h1H,17H2;1-2H;1-3H3. The second-order valence-electron chi connectivity index (χ2n) is 8.09. The van der Waals surface area contributed by atoms with Gasteiger partial charge in [-0.2, -0.15) is 52.7 Å². The van der Waals surface area contributed by atoms with Gasteiger partial charge in [-0.1, -0.05) is 31.9 Å². The van der Waals surface area contributed by atoms with E-state index in [2.05, 4.69) is 73.9 Å². The molecule has 0 saturated heterocycles. The van der Waals surface area contributed by atoms with E-state index >= 15 is 0 Å². The third-order valence-corrected chi connectivity index (χ3v) is 6.84. The lowest BCUT2D eigenvalue weighted by Crippen LogP contribution is -2.14. The number of hydrogen-bond acceptors (Lipinski definition) is 4. The highest BCUT2D eigenvalue weighted by molar-refractivity contribution is 9.11. The largest absolute Gasteiger partial charge is 0.417 e. The number of rotatable bonds is 1. The van der Waals surface area contributed by atoms with E-state index in [-0.39, 0.29) is 12.1 Å². The Morgan fingerprint density at radius 1 is 0.600 bits per heavy atom. The predicted octanol–water partition coefficient (Wildman–Crippen LogP) is 11.6. The predicted molar refractivity (Wildman–Crippen MR) is 135 cm³/mol. The third kappa shape index (κ3) is 11.9. The summed E-state index contributed by atoms with van der Waals surface area (Å²) in [6.45, 7) is 5.28. The molecule has 0 aliphatic heterocycles. The van der Waals surface area contributed by atoms with Gasteiger partial charge in [0.05, 0.1) is 36.9 Å². The van der Waals surface area contributed by atoms with E-state index in [0.29, 0.717) is 0 Å². The second kappa shape index (κ2) is 13.8. The van der Waals surface area contributed by atoms with Crippen LogP contribution in [0, 0.1) is 4.91 Å². The molecule has 0 amide bonds. The summed E-state index contributed by atoms with van der Waals surface area (Å²) in [5, 5.41) is 2.26. The van der Waals surface area contributed by atoms with Gasteiger partial charge in [-0.15, -0.1) is 4.91 Å². The van der Waals surface area contributed by atoms with Crippen LogP contribution in [0.2, 0.25) is 0 Å². The molecule has 4 nitrogen and oxygen atoms in total. The van der Waals surface area contributed by atoms with Gasteiger partial charge in [0.1, 0.15) is 5.60 Å². The first-order valence-corrected chi connectivity index (χ1v) is 12.8. The molecule has 0 radical (unpaired) electrons. The highest BCUT2D eigenvalue weighted by Crippen LogP contribution is 2.47. The van der Waals surface area contributed by atoms with Crippen LogP contribution < -0.4 is 5.73 Å². The van der Waals surface area contributed by atoms with Gasteiger partial charge in [0.2, 0.25) is 0 Å². The zero-order valence-electron chi connectivity index (χ0n) is 19.6. The summed E-state index contributed by atoms with van der Waals surface area (Å²) in [6, 6.07) is 0.796. The van der Waals surface area contributed by atoms with Crippen LogP contribution in [0.3, 0.4) is 0 Å². The highest BCUT2D eigenvalue weighted by atomic mass is 79.9. The van der Waals surface area contributed by atoms with Crippen LogP contribution in [0.15, 0.2) is 41.4 Å². The number of anilines is 1. The van der Waals surface area contributed by atoms with Gasteiger partial charge < -0.3 is 10.6 Å². The lowest BCUT2D eigenvalue weighted by molar-refractivity contribution is -0.145. The van der Waals surface area contributed by atoms with Crippen molar-refractivity contribution in [1.29, 1.82) is 0 Å². The molecule has 0 aliphatic carbocycles. The first-order valence-electron chi connectivity index (χ1n) is 9.61. The average Bonchev–Trinajstić information content (AvgIpc) is 2.68. The fourth-order valence-corrected chi connectivity index (χ4v) is 4.95. The molecule has 0 bridgehead atoms. The Morgan fingerprint density at radius 2 is 0.875 bits per heavy atom. The van der Waals surface area contributed by atoms with Crippen molar-refractivity contribution in [3.05, 3.63) is 63.3 Å². The summed E-state index contributed by atoms with van der Waals surface area (Å²) < 4.78 is 147. The van der Waals surface area contributed by atoms with Gasteiger partial charge >= 0.3 is 24.7 Å². The van der Waals surface area contributed by atoms with Crippen molar-refractivity contribution in [2.75, 3.05) is 5.73 Å². The Kier molecular flexibility index (Phi) is 13.4. The molecule has 0 heterocycles. The van der Waals surface area contributed by atoms with E-state index in [1.807, 2.05) is 0 Å². The van der Waals surface area contributed by atoms with Crippen LogP contribution in [-0.4, -0.2) is 5.60 Å². The van der Waals surface area contributed by atoms with Crippen molar-refractivity contribution in [2.24, 2.45) is 5.34 Å². The molecule has 0 aromatic heterocycles. The summed E-state index contributed by atoms with van der Waals surface area (Å²) in [5.41, 5.74) is -1.54.